The lowest BCUT2D eigenvalue weighted by molar-refractivity contribution is 0.0945. The molecule has 1 aromatic heterocycles. The standard InChI is InChI=1S/C16H17ClN4O2/c17-13-9-19-16(20-12-5-6-12)21-14(13)10-1-3-11(4-2-10)15(23)18-7-8-22/h1-4,9,12,22H,5-8H2,(H,18,23)(H,19,20,21). The Morgan fingerprint density at radius 1 is 1.30 bits per heavy atom. The zero-order valence-electron chi connectivity index (χ0n) is 12.4. The quantitative estimate of drug-likeness (QED) is 0.754. The molecule has 0 bridgehead atoms. The van der Waals surface area contributed by atoms with Crippen LogP contribution in [-0.2, 0) is 0 Å². The van der Waals surface area contributed by atoms with E-state index in [0.29, 0.717) is 28.3 Å². The summed E-state index contributed by atoms with van der Waals surface area (Å²) in [4.78, 5) is 20.5. The molecule has 0 unspecified atom stereocenters. The predicted molar refractivity (Wildman–Crippen MR) is 88.5 cm³/mol. The Labute approximate surface area is 138 Å². The molecule has 1 saturated carbocycles. The van der Waals surface area contributed by atoms with Crippen LogP contribution in [0, 0.1) is 0 Å². The summed E-state index contributed by atoms with van der Waals surface area (Å²) >= 11 is 6.19. The number of aliphatic hydroxyl groups excluding tert-OH is 1. The Bertz CT molecular complexity index is 702. The highest BCUT2D eigenvalue weighted by molar-refractivity contribution is 6.32. The molecule has 3 rings (SSSR count). The highest BCUT2D eigenvalue weighted by atomic mass is 35.5. The molecule has 6 nitrogen and oxygen atoms in total. The fraction of sp³-hybridized carbons (Fsp3) is 0.312. The molecule has 0 spiro atoms. The van der Waals surface area contributed by atoms with Gasteiger partial charge in [0.05, 0.1) is 23.5 Å². The Morgan fingerprint density at radius 2 is 2.04 bits per heavy atom. The van der Waals surface area contributed by atoms with E-state index in [0.717, 1.165) is 18.4 Å². The average Bonchev–Trinajstić information content (AvgIpc) is 3.38. The number of halogens is 1. The van der Waals surface area contributed by atoms with Crippen molar-refractivity contribution in [2.24, 2.45) is 0 Å². The second-order valence-corrected chi connectivity index (χ2v) is 5.77. The molecule has 3 N–H and O–H groups in total. The maximum Gasteiger partial charge on any atom is 0.251 e. The monoisotopic (exact) mass is 332 g/mol. The first-order valence-electron chi connectivity index (χ1n) is 7.46. The SMILES string of the molecule is O=C(NCCO)c1ccc(-c2nc(NC3CC3)ncc2Cl)cc1. The van der Waals surface area contributed by atoms with Crippen LogP contribution in [0.5, 0.6) is 0 Å². The highest BCUT2D eigenvalue weighted by Gasteiger charge is 2.22. The van der Waals surface area contributed by atoms with Crippen molar-refractivity contribution in [3.63, 3.8) is 0 Å². The number of benzene rings is 1. The maximum absolute atomic E-state index is 11.8. The number of hydrogen-bond acceptors (Lipinski definition) is 5. The van der Waals surface area contributed by atoms with Crippen LogP contribution >= 0.6 is 11.6 Å². The molecule has 0 radical (unpaired) electrons. The molecule has 23 heavy (non-hydrogen) atoms. The summed E-state index contributed by atoms with van der Waals surface area (Å²) in [6.45, 7) is 0.145. The molecule has 1 amide bonds. The third-order valence-electron chi connectivity index (χ3n) is 3.47. The number of hydrogen-bond donors (Lipinski definition) is 3. The lowest BCUT2D eigenvalue weighted by atomic mass is 10.1. The molecule has 0 saturated heterocycles. The minimum Gasteiger partial charge on any atom is -0.395 e. The first kappa shape index (κ1) is 15.7. The smallest absolute Gasteiger partial charge is 0.251 e. The highest BCUT2D eigenvalue weighted by Crippen LogP contribution is 2.28. The van der Waals surface area contributed by atoms with Crippen LogP contribution in [0.3, 0.4) is 0 Å². The number of amides is 1. The Morgan fingerprint density at radius 3 is 2.70 bits per heavy atom. The molecule has 1 aliphatic rings. The first-order chi connectivity index (χ1) is 11.2. The van der Waals surface area contributed by atoms with Gasteiger partial charge < -0.3 is 15.7 Å². The van der Waals surface area contributed by atoms with E-state index in [1.54, 1.807) is 30.5 Å². The van der Waals surface area contributed by atoms with Gasteiger partial charge >= 0.3 is 0 Å². The molecule has 0 aliphatic heterocycles. The summed E-state index contributed by atoms with van der Waals surface area (Å²) in [5.41, 5.74) is 1.96. The molecule has 1 aromatic carbocycles. The van der Waals surface area contributed by atoms with Gasteiger partial charge in [-0.2, -0.15) is 0 Å². The predicted octanol–water partition coefficient (Wildman–Crippen LogP) is 2.09. The van der Waals surface area contributed by atoms with Crippen LogP contribution in [0.2, 0.25) is 5.02 Å². The van der Waals surface area contributed by atoms with E-state index in [1.165, 1.54) is 0 Å². The third kappa shape index (κ3) is 3.97. The van der Waals surface area contributed by atoms with Crippen LogP contribution in [0.15, 0.2) is 30.5 Å². The second-order valence-electron chi connectivity index (χ2n) is 5.37. The lowest BCUT2D eigenvalue weighted by Crippen LogP contribution is -2.26. The van der Waals surface area contributed by atoms with E-state index >= 15 is 0 Å². The Balaban J connectivity index is 1.79. The molecule has 0 atom stereocenters. The maximum atomic E-state index is 11.8. The number of nitrogens with zero attached hydrogens (tertiary/aromatic N) is 2. The molecule has 120 valence electrons. The number of carbonyl (C=O) groups is 1. The van der Waals surface area contributed by atoms with Crippen molar-refractivity contribution < 1.29 is 9.90 Å². The summed E-state index contributed by atoms with van der Waals surface area (Å²) in [7, 11) is 0. The van der Waals surface area contributed by atoms with Crippen LogP contribution < -0.4 is 10.6 Å². The molecule has 1 heterocycles. The van der Waals surface area contributed by atoms with Crippen LogP contribution in [0.1, 0.15) is 23.2 Å². The molecular weight excluding hydrogens is 316 g/mol. The van der Waals surface area contributed by atoms with E-state index < -0.39 is 0 Å². The van der Waals surface area contributed by atoms with Gasteiger partial charge in [-0.05, 0) is 25.0 Å². The fourth-order valence-electron chi connectivity index (χ4n) is 2.10. The Kier molecular flexibility index (Phi) is 4.73. The van der Waals surface area contributed by atoms with Crippen LogP contribution in [-0.4, -0.2) is 40.2 Å². The zero-order valence-corrected chi connectivity index (χ0v) is 13.2. The van der Waals surface area contributed by atoms with E-state index in [4.69, 9.17) is 16.7 Å². The zero-order chi connectivity index (χ0) is 16.2. The van der Waals surface area contributed by atoms with Gasteiger partial charge in [-0.3, -0.25) is 4.79 Å². The third-order valence-corrected chi connectivity index (χ3v) is 3.75. The van der Waals surface area contributed by atoms with Gasteiger partial charge in [0.25, 0.3) is 5.91 Å². The molecular formula is C16H17ClN4O2. The van der Waals surface area contributed by atoms with Gasteiger partial charge in [-0.25, -0.2) is 9.97 Å². The lowest BCUT2D eigenvalue weighted by Gasteiger charge is -2.08. The second kappa shape index (κ2) is 6.93. The van der Waals surface area contributed by atoms with Crippen molar-refractivity contribution in [1.29, 1.82) is 0 Å². The minimum absolute atomic E-state index is 0.0862. The normalized spacial score (nSPS) is 13.7. The van der Waals surface area contributed by atoms with Crippen molar-refractivity contribution in [1.82, 2.24) is 15.3 Å². The van der Waals surface area contributed by atoms with Crippen LogP contribution in [0.25, 0.3) is 11.3 Å². The van der Waals surface area contributed by atoms with Gasteiger partial charge in [0.2, 0.25) is 5.95 Å². The number of aromatic nitrogens is 2. The van der Waals surface area contributed by atoms with E-state index in [1.807, 2.05) is 0 Å². The fourth-order valence-corrected chi connectivity index (χ4v) is 2.30. The minimum atomic E-state index is -0.226. The number of carbonyl (C=O) groups excluding carboxylic acids is 1. The molecule has 2 aromatic rings. The number of nitrogens with one attached hydrogen (secondary N) is 2. The topological polar surface area (TPSA) is 87.1 Å². The number of aliphatic hydroxyl groups is 1. The van der Waals surface area contributed by atoms with E-state index in [9.17, 15) is 4.79 Å². The summed E-state index contributed by atoms with van der Waals surface area (Å²) in [6, 6.07) is 7.45. The van der Waals surface area contributed by atoms with Crippen LogP contribution in [0.4, 0.5) is 5.95 Å². The summed E-state index contributed by atoms with van der Waals surface area (Å²) in [5, 5.41) is 15.0. The van der Waals surface area contributed by atoms with Gasteiger partial charge in [0.1, 0.15) is 0 Å². The molecule has 1 aliphatic carbocycles. The van der Waals surface area contributed by atoms with Gasteiger partial charge in [0.15, 0.2) is 0 Å². The molecule has 1 fully saturated rings. The van der Waals surface area contributed by atoms with Gasteiger partial charge in [0, 0.05) is 23.7 Å². The van der Waals surface area contributed by atoms with Crippen molar-refractivity contribution in [2.75, 3.05) is 18.5 Å². The number of rotatable bonds is 6. The first-order valence-corrected chi connectivity index (χ1v) is 7.84. The van der Waals surface area contributed by atoms with Crippen molar-refractivity contribution >= 4 is 23.5 Å². The summed E-state index contributed by atoms with van der Waals surface area (Å²) in [6.07, 6.45) is 3.86. The average molecular weight is 333 g/mol. The molecule has 7 heteroatoms. The van der Waals surface area contributed by atoms with Gasteiger partial charge in [-0.1, -0.05) is 23.7 Å². The van der Waals surface area contributed by atoms with Crippen molar-refractivity contribution in [3.8, 4) is 11.3 Å². The van der Waals surface area contributed by atoms with E-state index in [-0.39, 0.29) is 19.1 Å². The van der Waals surface area contributed by atoms with Crippen molar-refractivity contribution in [3.05, 3.63) is 41.0 Å². The number of anilines is 1. The largest absolute Gasteiger partial charge is 0.395 e. The Hall–Kier alpha value is -2.18. The van der Waals surface area contributed by atoms with Gasteiger partial charge in [-0.15, -0.1) is 0 Å². The van der Waals surface area contributed by atoms with Crippen molar-refractivity contribution in [2.45, 2.75) is 18.9 Å². The summed E-state index contributed by atoms with van der Waals surface area (Å²) < 4.78 is 0. The van der Waals surface area contributed by atoms with E-state index in [2.05, 4.69) is 20.6 Å². The summed E-state index contributed by atoms with van der Waals surface area (Å²) in [5.74, 6) is 0.340.